The summed E-state index contributed by atoms with van der Waals surface area (Å²) < 4.78 is 5.63. The highest BCUT2D eigenvalue weighted by Gasteiger charge is 2.33. The van der Waals surface area contributed by atoms with E-state index in [-0.39, 0.29) is 17.7 Å². The number of benzene rings is 2. The standard InChI is InChI=1S/C23H28N2O4/c1-23(2,3)29-22(28)25-13-12-24(19-11-7-10-18(15-19)21(26)27)16-20(25)14-17-8-5-4-6-9-17/h4-11,15,20H,12-14,16H2,1-3H3,(H,26,27)/t20-/m0/s1. The van der Waals surface area contributed by atoms with Crippen LogP contribution in [0.1, 0.15) is 36.7 Å². The summed E-state index contributed by atoms with van der Waals surface area (Å²) in [4.78, 5) is 28.1. The SMILES string of the molecule is CC(C)(C)OC(=O)N1CCN(c2cccc(C(=O)O)c2)C[C@@H]1Cc1ccccc1. The second-order valence-corrected chi connectivity index (χ2v) is 8.32. The van der Waals surface area contributed by atoms with Crippen molar-refractivity contribution in [3.8, 4) is 0 Å². The molecule has 2 aromatic rings. The first-order valence-corrected chi connectivity index (χ1v) is 9.85. The van der Waals surface area contributed by atoms with Gasteiger partial charge in [-0.3, -0.25) is 0 Å². The minimum Gasteiger partial charge on any atom is -0.478 e. The first kappa shape index (κ1) is 20.7. The molecule has 1 heterocycles. The van der Waals surface area contributed by atoms with Crippen molar-refractivity contribution in [1.82, 2.24) is 4.90 Å². The Morgan fingerprint density at radius 1 is 1.07 bits per heavy atom. The number of carbonyl (C=O) groups is 2. The van der Waals surface area contributed by atoms with Crippen LogP contribution in [-0.2, 0) is 11.2 Å². The van der Waals surface area contributed by atoms with Gasteiger partial charge in [-0.05, 0) is 51.0 Å². The zero-order valence-electron chi connectivity index (χ0n) is 17.2. The van der Waals surface area contributed by atoms with Gasteiger partial charge in [0.15, 0.2) is 0 Å². The third-order valence-corrected chi connectivity index (χ3v) is 4.88. The second-order valence-electron chi connectivity index (χ2n) is 8.32. The molecule has 0 spiro atoms. The zero-order chi connectivity index (χ0) is 21.0. The molecule has 1 N–H and O–H groups in total. The molecule has 1 saturated heterocycles. The number of carbonyl (C=O) groups excluding carboxylic acids is 1. The Labute approximate surface area is 171 Å². The maximum absolute atomic E-state index is 12.8. The van der Waals surface area contributed by atoms with Gasteiger partial charge in [-0.1, -0.05) is 36.4 Å². The van der Waals surface area contributed by atoms with E-state index in [1.807, 2.05) is 45.0 Å². The van der Waals surface area contributed by atoms with Crippen molar-refractivity contribution in [3.63, 3.8) is 0 Å². The summed E-state index contributed by atoms with van der Waals surface area (Å²) in [6.45, 7) is 7.34. The minimum atomic E-state index is -0.944. The molecule has 6 nitrogen and oxygen atoms in total. The number of hydrogen-bond acceptors (Lipinski definition) is 4. The summed E-state index contributed by atoms with van der Waals surface area (Å²) in [5.74, 6) is -0.944. The molecule has 0 radical (unpaired) electrons. The van der Waals surface area contributed by atoms with Crippen LogP contribution in [0.25, 0.3) is 0 Å². The van der Waals surface area contributed by atoms with Crippen LogP contribution in [0.15, 0.2) is 54.6 Å². The fraction of sp³-hybridized carbons (Fsp3) is 0.391. The number of rotatable bonds is 4. The molecule has 0 bridgehead atoms. The fourth-order valence-electron chi connectivity index (χ4n) is 3.55. The molecule has 1 aliphatic heterocycles. The fourth-order valence-corrected chi connectivity index (χ4v) is 3.55. The van der Waals surface area contributed by atoms with Gasteiger partial charge in [-0.25, -0.2) is 9.59 Å². The van der Waals surface area contributed by atoms with Gasteiger partial charge >= 0.3 is 12.1 Å². The van der Waals surface area contributed by atoms with E-state index < -0.39 is 11.6 Å². The third-order valence-electron chi connectivity index (χ3n) is 4.88. The van der Waals surface area contributed by atoms with Crippen LogP contribution in [0, 0.1) is 0 Å². The van der Waals surface area contributed by atoms with Crippen LogP contribution in [0.2, 0.25) is 0 Å². The predicted molar refractivity (Wildman–Crippen MR) is 112 cm³/mol. The number of piperazine rings is 1. The van der Waals surface area contributed by atoms with E-state index in [4.69, 9.17) is 4.74 Å². The van der Waals surface area contributed by atoms with Crippen LogP contribution >= 0.6 is 0 Å². The molecule has 3 rings (SSSR count). The van der Waals surface area contributed by atoms with E-state index in [1.165, 1.54) is 0 Å². The smallest absolute Gasteiger partial charge is 0.410 e. The Morgan fingerprint density at radius 2 is 1.79 bits per heavy atom. The van der Waals surface area contributed by atoms with Crippen LogP contribution in [0.4, 0.5) is 10.5 Å². The maximum Gasteiger partial charge on any atom is 0.410 e. The van der Waals surface area contributed by atoms with Crippen molar-refractivity contribution in [2.75, 3.05) is 24.5 Å². The molecule has 0 aromatic heterocycles. The largest absolute Gasteiger partial charge is 0.478 e. The lowest BCUT2D eigenvalue weighted by atomic mass is 10.0. The molecular weight excluding hydrogens is 368 g/mol. The number of amides is 1. The predicted octanol–water partition coefficient (Wildman–Crippen LogP) is 4.05. The van der Waals surface area contributed by atoms with Gasteiger partial charge in [0.1, 0.15) is 5.60 Å². The van der Waals surface area contributed by atoms with Crippen LogP contribution in [0.3, 0.4) is 0 Å². The van der Waals surface area contributed by atoms with Gasteiger partial charge in [0.05, 0.1) is 11.6 Å². The van der Waals surface area contributed by atoms with Crippen molar-refractivity contribution in [2.24, 2.45) is 0 Å². The summed E-state index contributed by atoms with van der Waals surface area (Å²) in [7, 11) is 0. The number of hydrogen-bond donors (Lipinski definition) is 1. The highest BCUT2D eigenvalue weighted by atomic mass is 16.6. The van der Waals surface area contributed by atoms with Crippen molar-refractivity contribution < 1.29 is 19.4 Å². The lowest BCUT2D eigenvalue weighted by Gasteiger charge is -2.42. The molecule has 1 amide bonds. The van der Waals surface area contributed by atoms with Gasteiger partial charge in [0.25, 0.3) is 0 Å². The topological polar surface area (TPSA) is 70.1 Å². The van der Waals surface area contributed by atoms with Crippen molar-refractivity contribution >= 4 is 17.7 Å². The second kappa shape index (κ2) is 8.55. The number of nitrogens with zero attached hydrogens (tertiary/aromatic N) is 2. The van der Waals surface area contributed by atoms with E-state index in [9.17, 15) is 14.7 Å². The average Bonchev–Trinajstić information content (AvgIpc) is 2.67. The quantitative estimate of drug-likeness (QED) is 0.844. The van der Waals surface area contributed by atoms with E-state index >= 15 is 0 Å². The number of ether oxygens (including phenoxy) is 1. The Bertz CT molecular complexity index is 861. The lowest BCUT2D eigenvalue weighted by molar-refractivity contribution is 0.0141. The highest BCUT2D eigenvalue weighted by Crippen LogP contribution is 2.24. The summed E-state index contributed by atoms with van der Waals surface area (Å²) in [6.07, 6.45) is 0.396. The molecular formula is C23H28N2O4. The van der Waals surface area contributed by atoms with Crippen molar-refractivity contribution in [2.45, 2.75) is 38.8 Å². The van der Waals surface area contributed by atoms with Crippen LogP contribution in [0.5, 0.6) is 0 Å². The van der Waals surface area contributed by atoms with Crippen LogP contribution in [-0.4, -0.2) is 53.3 Å². The monoisotopic (exact) mass is 396 g/mol. The van der Waals surface area contributed by atoms with Gasteiger partial charge in [0, 0.05) is 25.3 Å². The van der Waals surface area contributed by atoms with Crippen molar-refractivity contribution in [1.29, 1.82) is 0 Å². The molecule has 6 heteroatoms. The van der Waals surface area contributed by atoms with Gasteiger partial charge in [-0.2, -0.15) is 0 Å². The normalized spacial score (nSPS) is 17.1. The number of aromatic carboxylic acids is 1. The first-order chi connectivity index (χ1) is 13.7. The molecule has 2 aromatic carbocycles. The molecule has 0 unspecified atom stereocenters. The molecule has 0 aliphatic carbocycles. The van der Waals surface area contributed by atoms with E-state index in [0.717, 1.165) is 11.3 Å². The Hall–Kier alpha value is -3.02. The van der Waals surface area contributed by atoms with E-state index in [1.54, 1.807) is 23.1 Å². The summed E-state index contributed by atoms with van der Waals surface area (Å²) in [5, 5.41) is 9.29. The highest BCUT2D eigenvalue weighted by molar-refractivity contribution is 5.88. The molecule has 1 aliphatic rings. The number of carboxylic acids is 1. The molecule has 154 valence electrons. The summed E-state index contributed by atoms with van der Waals surface area (Å²) in [6, 6.07) is 16.9. The molecule has 1 fully saturated rings. The third kappa shape index (κ3) is 5.50. The first-order valence-electron chi connectivity index (χ1n) is 9.85. The van der Waals surface area contributed by atoms with E-state index in [0.29, 0.717) is 26.1 Å². The van der Waals surface area contributed by atoms with Crippen molar-refractivity contribution in [3.05, 3.63) is 65.7 Å². The molecule has 1 atom stereocenters. The van der Waals surface area contributed by atoms with Gasteiger partial charge < -0.3 is 19.6 Å². The number of anilines is 1. The summed E-state index contributed by atoms with van der Waals surface area (Å²) >= 11 is 0. The summed E-state index contributed by atoms with van der Waals surface area (Å²) in [5.41, 5.74) is 1.71. The Morgan fingerprint density at radius 3 is 2.45 bits per heavy atom. The molecule has 0 saturated carbocycles. The van der Waals surface area contributed by atoms with E-state index in [2.05, 4.69) is 17.0 Å². The maximum atomic E-state index is 12.8. The van der Waals surface area contributed by atoms with Gasteiger partial charge in [-0.15, -0.1) is 0 Å². The van der Waals surface area contributed by atoms with Crippen LogP contribution < -0.4 is 4.90 Å². The average molecular weight is 396 g/mol. The Kier molecular flexibility index (Phi) is 6.11. The Balaban J connectivity index is 1.82. The number of carboxylic acid groups (broad SMARTS) is 1. The minimum absolute atomic E-state index is 0.0746. The molecule has 29 heavy (non-hydrogen) atoms. The lowest BCUT2D eigenvalue weighted by Crippen LogP contribution is -2.57. The zero-order valence-corrected chi connectivity index (χ0v) is 17.2. The van der Waals surface area contributed by atoms with Gasteiger partial charge in [0.2, 0.25) is 0 Å².